The minimum Gasteiger partial charge on any atom is -0.388 e. The monoisotopic (exact) mass is 263 g/mol. The number of aryl methyl sites for hydroxylation is 1. The van der Waals surface area contributed by atoms with Crippen LogP contribution in [0.3, 0.4) is 0 Å². The minimum atomic E-state index is -0.241. The molecule has 1 aliphatic carbocycles. The molecule has 3 heteroatoms. The summed E-state index contributed by atoms with van der Waals surface area (Å²) in [6.07, 6.45) is 8.20. The SMILES string of the molecule is Cc1cc2c(n1CCC1CCCCO1)CCCC2O. The van der Waals surface area contributed by atoms with Crippen LogP contribution in [0.5, 0.6) is 0 Å². The molecule has 2 unspecified atom stereocenters. The van der Waals surface area contributed by atoms with E-state index in [4.69, 9.17) is 4.74 Å². The third-order valence-electron chi connectivity index (χ3n) is 4.65. The molecule has 1 aliphatic heterocycles. The lowest BCUT2D eigenvalue weighted by Crippen LogP contribution is -2.22. The molecule has 3 rings (SSSR count). The van der Waals surface area contributed by atoms with E-state index in [-0.39, 0.29) is 6.10 Å². The van der Waals surface area contributed by atoms with Crippen LogP contribution in [0.4, 0.5) is 0 Å². The maximum atomic E-state index is 10.1. The summed E-state index contributed by atoms with van der Waals surface area (Å²) in [4.78, 5) is 0. The number of hydrogen-bond acceptors (Lipinski definition) is 2. The highest BCUT2D eigenvalue weighted by atomic mass is 16.5. The highest BCUT2D eigenvalue weighted by Crippen LogP contribution is 2.32. The second kappa shape index (κ2) is 5.68. The first-order valence-corrected chi connectivity index (χ1v) is 7.74. The molecule has 19 heavy (non-hydrogen) atoms. The second-order valence-electron chi connectivity index (χ2n) is 6.02. The molecule has 0 saturated carbocycles. The zero-order chi connectivity index (χ0) is 13.2. The van der Waals surface area contributed by atoms with Crippen LogP contribution < -0.4 is 0 Å². The van der Waals surface area contributed by atoms with Crippen molar-refractivity contribution in [3.05, 3.63) is 23.0 Å². The van der Waals surface area contributed by atoms with Gasteiger partial charge >= 0.3 is 0 Å². The molecule has 0 amide bonds. The van der Waals surface area contributed by atoms with Crippen molar-refractivity contribution in [3.8, 4) is 0 Å². The third kappa shape index (κ3) is 2.72. The van der Waals surface area contributed by atoms with E-state index in [0.29, 0.717) is 6.10 Å². The Morgan fingerprint density at radius 1 is 1.32 bits per heavy atom. The quantitative estimate of drug-likeness (QED) is 0.909. The number of aromatic nitrogens is 1. The Morgan fingerprint density at radius 3 is 3.00 bits per heavy atom. The Bertz CT molecular complexity index is 432. The van der Waals surface area contributed by atoms with E-state index in [9.17, 15) is 5.11 Å². The summed E-state index contributed by atoms with van der Waals surface area (Å²) in [6.45, 7) is 4.14. The Kier molecular flexibility index (Phi) is 3.94. The largest absolute Gasteiger partial charge is 0.388 e. The van der Waals surface area contributed by atoms with Crippen LogP contribution in [0.2, 0.25) is 0 Å². The Balaban J connectivity index is 1.70. The first-order valence-electron chi connectivity index (χ1n) is 7.74. The molecule has 0 aromatic carbocycles. The molecule has 2 aliphatic rings. The number of hydrogen-bond donors (Lipinski definition) is 1. The highest BCUT2D eigenvalue weighted by molar-refractivity contribution is 5.31. The van der Waals surface area contributed by atoms with Gasteiger partial charge in [0.1, 0.15) is 0 Å². The van der Waals surface area contributed by atoms with Crippen molar-refractivity contribution in [1.82, 2.24) is 4.57 Å². The average molecular weight is 263 g/mol. The molecule has 1 N–H and O–H groups in total. The Hall–Kier alpha value is -0.800. The average Bonchev–Trinajstić information content (AvgIpc) is 2.75. The lowest BCUT2D eigenvalue weighted by Gasteiger charge is -2.24. The van der Waals surface area contributed by atoms with Gasteiger partial charge < -0.3 is 14.4 Å². The summed E-state index contributed by atoms with van der Waals surface area (Å²) in [6, 6.07) is 2.18. The Labute approximate surface area is 115 Å². The molecule has 0 bridgehead atoms. The van der Waals surface area contributed by atoms with Crippen LogP contribution in [-0.2, 0) is 17.7 Å². The van der Waals surface area contributed by atoms with Crippen molar-refractivity contribution in [3.63, 3.8) is 0 Å². The minimum absolute atomic E-state index is 0.241. The molecule has 2 atom stereocenters. The van der Waals surface area contributed by atoms with Gasteiger partial charge in [0.15, 0.2) is 0 Å². The van der Waals surface area contributed by atoms with E-state index in [1.54, 1.807) is 0 Å². The smallest absolute Gasteiger partial charge is 0.0807 e. The zero-order valence-electron chi connectivity index (χ0n) is 11.9. The van der Waals surface area contributed by atoms with Gasteiger partial charge in [-0.2, -0.15) is 0 Å². The van der Waals surface area contributed by atoms with Crippen LogP contribution in [0.25, 0.3) is 0 Å². The fourth-order valence-corrected chi connectivity index (χ4v) is 3.56. The van der Waals surface area contributed by atoms with Crippen molar-refractivity contribution in [2.24, 2.45) is 0 Å². The van der Waals surface area contributed by atoms with E-state index in [2.05, 4.69) is 17.6 Å². The van der Waals surface area contributed by atoms with E-state index in [0.717, 1.165) is 38.8 Å². The van der Waals surface area contributed by atoms with E-state index in [1.807, 2.05) is 0 Å². The maximum absolute atomic E-state index is 10.1. The van der Waals surface area contributed by atoms with Gasteiger partial charge in [0.05, 0.1) is 12.2 Å². The third-order valence-corrected chi connectivity index (χ3v) is 4.65. The number of ether oxygens (including phenoxy) is 1. The van der Waals surface area contributed by atoms with Crippen LogP contribution in [0, 0.1) is 6.92 Å². The molecule has 1 aromatic rings. The van der Waals surface area contributed by atoms with Gasteiger partial charge in [-0.25, -0.2) is 0 Å². The first-order chi connectivity index (χ1) is 9.25. The summed E-state index contributed by atoms with van der Waals surface area (Å²) in [5.74, 6) is 0. The molecular formula is C16H25NO2. The van der Waals surface area contributed by atoms with Crippen LogP contribution >= 0.6 is 0 Å². The molecule has 0 spiro atoms. The van der Waals surface area contributed by atoms with Crippen molar-refractivity contribution in [2.75, 3.05) is 6.61 Å². The van der Waals surface area contributed by atoms with Crippen LogP contribution in [0.1, 0.15) is 61.6 Å². The molecule has 2 heterocycles. The summed E-state index contributed by atoms with van der Waals surface area (Å²) in [5, 5.41) is 10.1. The van der Waals surface area contributed by atoms with Gasteiger partial charge in [-0.3, -0.25) is 0 Å². The van der Waals surface area contributed by atoms with E-state index in [1.165, 1.54) is 36.2 Å². The first kappa shape index (κ1) is 13.2. The predicted molar refractivity (Wildman–Crippen MR) is 75.3 cm³/mol. The van der Waals surface area contributed by atoms with E-state index < -0.39 is 0 Å². The standard InChI is InChI=1S/C16H25NO2/c1-12-11-14-15(6-4-7-16(14)18)17(12)9-8-13-5-2-3-10-19-13/h11,13,16,18H,2-10H2,1H3. The van der Waals surface area contributed by atoms with Gasteiger partial charge in [-0.1, -0.05) is 0 Å². The predicted octanol–water partition coefficient (Wildman–Crippen LogP) is 3.13. The number of aliphatic hydroxyl groups is 1. The van der Waals surface area contributed by atoms with Crippen molar-refractivity contribution in [1.29, 1.82) is 0 Å². The maximum Gasteiger partial charge on any atom is 0.0807 e. The molecular weight excluding hydrogens is 238 g/mol. The summed E-state index contributed by atoms with van der Waals surface area (Å²) < 4.78 is 8.23. The summed E-state index contributed by atoms with van der Waals surface area (Å²) >= 11 is 0. The summed E-state index contributed by atoms with van der Waals surface area (Å²) in [5.41, 5.74) is 3.84. The zero-order valence-corrected chi connectivity index (χ0v) is 11.9. The highest BCUT2D eigenvalue weighted by Gasteiger charge is 2.23. The van der Waals surface area contributed by atoms with Crippen molar-refractivity contribution >= 4 is 0 Å². The Morgan fingerprint density at radius 2 is 2.21 bits per heavy atom. The number of fused-ring (bicyclic) bond motifs is 1. The van der Waals surface area contributed by atoms with Crippen LogP contribution in [-0.4, -0.2) is 22.4 Å². The lowest BCUT2D eigenvalue weighted by molar-refractivity contribution is 0.00860. The second-order valence-corrected chi connectivity index (χ2v) is 6.02. The van der Waals surface area contributed by atoms with Crippen molar-refractivity contribution in [2.45, 2.75) is 70.6 Å². The van der Waals surface area contributed by atoms with Gasteiger partial charge in [0.2, 0.25) is 0 Å². The van der Waals surface area contributed by atoms with Crippen LogP contribution in [0.15, 0.2) is 6.07 Å². The number of aliphatic hydroxyl groups excluding tert-OH is 1. The van der Waals surface area contributed by atoms with Gasteiger partial charge in [-0.05, 0) is 57.9 Å². The van der Waals surface area contributed by atoms with Gasteiger partial charge in [0, 0.05) is 30.1 Å². The molecule has 3 nitrogen and oxygen atoms in total. The fraction of sp³-hybridized carbons (Fsp3) is 0.750. The topological polar surface area (TPSA) is 34.4 Å². The molecule has 1 saturated heterocycles. The molecule has 1 fully saturated rings. The van der Waals surface area contributed by atoms with Crippen molar-refractivity contribution < 1.29 is 9.84 Å². The van der Waals surface area contributed by atoms with Gasteiger partial charge in [-0.15, -0.1) is 0 Å². The van der Waals surface area contributed by atoms with E-state index >= 15 is 0 Å². The lowest BCUT2D eigenvalue weighted by atomic mass is 9.95. The molecule has 0 radical (unpaired) electrons. The molecule has 106 valence electrons. The van der Waals surface area contributed by atoms with Gasteiger partial charge in [0.25, 0.3) is 0 Å². The normalized spacial score (nSPS) is 27.3. The fourth-order valence-electron chi connectivity index (χ4n) is 3.56. The summed E-state index contributed by atoms with van der Waals surface area (Å²) in [7, 11) is 0. The number of rotatable bonds is 3. The number of nitrogens with zero attached hydrogens (tertiary/aromatic N) is 1. The molecule has 1 aromatic heterocycles.